The third-order valence-corrected chi connectivity index (χ3v) is 3.50. The number of fused-ring (bicyclic) bond motifs is 1. The van der Waals surface area contributed by atoms with Crippen LogP contribution in [0.3, 0.4) is 0 Å². The molecule has 0 amide bonds. The molecule has 0 nitrogen and oxygen atoms in total. The van der Waals surface area contributed by atoms with Gasteiger partial charge in [0.25, 0.3) is 0 Å². The fourth-order valence-corrected chi connectivity index (χ4v) is 2.62. The minimum absolute atomic E-state index is 0.667. The molecule has 0 unspecified atom stereocenters. The van der Waals surface area contributed by atoms with Crippen LogP contribution in [-0.2, 0) is 6.42 Å². The second-order valence-electron chi connectivity index (χ2n) is 3.62. The quantitative estimate of drug-likeness (QED) is 0.634. The Morgan fingerprint density at radius 1 is 1.33 bits per heavy atom. The lowest BCUT2D eigenvalue weighted by atomic mass is 10.0. The van der Waals surface area contributed by atoms with Crippen molar-refractivity contribution in [3.05, 3.63) is 29.3 Å². The van der Waals surface area contributed by atoms with Crippen molar-refractivity contribution in [1.29, 1.82) is 0 Å². The smallest absolute Gasteiger partial charge is 0.0105 e. The molecule has 0 atom stereocenters. The number of benzene rings is 1. The lowest BCUT2D eigenvalue weighted by molar-refractivity contribution is 0.860. The topological polar surface area (TPSA) is 0 Å². The molecule has 1 aromatic rings. The lowest BCUT2D eigenvalue weighted by Crippen LogP contribution is -1.89. The molecule has 64 valence electrons. The first-order valence-electron chi connectivity index (χ1n) is 4.53. The number of thioether (sulfide) groups is 1. The number of hydrogen-bond acceptors (Lipinski definition) is 1. The van der Waals surface area contributed by atoms with Crippen LogP contribution in [0.4, 0.5) is 0 Å². The van der Waals surface area contributed by atoms with Crippen LogP contribution in [0.15, 0.2) is 23.1 Å². The first-order valence-corrected chi connectivity index (χ1v) is 5.51. The Bertz CT molecular complexity index is 289. The molecule has 1 aromatic carbocycles. The molecule has 0 aliphatic carbocycles. The van der Waals surface area contributed by atoms with Gasteiger partial charge in [-0.05, 0) is 29.5 Å². The van der Waals surface area contributed by atoms with E-state index in [0.29, 0.717) is 5.92 Å². The van der Waals surface area contributed by atoms with E-state index in [2.05, 4.69) is 32.0 Å². The van der Waals surface area contributed by atoms with Crippen LogP contribution < -0.4 is 0 Å². The minimum Gasteiger partial charge on any atom is -0.126 e. The highest BCUT2D eigenvalue weighted by Gasteiger charge is 2.11. The summed E-state index contributed by atoms with van der Waals surface area (Å²) in [4.78, 5) is 1.50. The Kier molecular flexibility index (Phi) is 2.14. The molecule has 0 fully saturated rings. The highest BCUT2D eigenvalue weighted by atomic mass is 32.2. The van der Waals surface area contributed by atoms with Crippen molar-refractivity contribution in [2.24, 2.45) is 0 Å². The van der Waals surface area contributed by atoms with Gasteiger partial charge in [0.05, 0.1) is 0 Å². The van der Waals surface area contributed by atoms with Gasteiger partial charge in [-0.2, -0.15) is 0 Å². The highest BCUT2D eigenvalue weighted by Crippen LogP contribution is 2.32. The summed E-state index contributed by atoms with van der Waals surface area (Å²) in [6.07, 6.45) is 1.26. The van der Waals surface area contributed by atoms with E-state index in [9.17, 15) is 0 Å². The van der Waals surface area contributed by atoms with E-state index in [-0.39, 0.29) is 0 Å². The highest BCUT2D eigenvalue weighted by molar-refractivity contribution is 7.99. The molecule has 0 aromatic heterocycles. The third kappa shape index (κ3) is 1.38. The SMILES string of the molecule is CC(C)c1ccc2c(c1)CCS2. The van der Waals surface area contributed by atoms with Gasteiger partial charge in [0, 0.05) is 10.6 Å². The average Bonchev–Trinajstić information content (AvgIpc) is 2.49. The predicted octanol–water partition coefficient (Wildman–Crippen LogP) is 3.46. The first kappa shape index (κ1) is 8.18. The molecule has 1 heterocycles. The average molecular weight is 178 g/mol. The Morgan fingerprint density at radius 3 is 2.92 bits per heavy atom. The Labute approximate surface area is 78.4 Å². The van der Waals surface area contributed by atoms with Crippen LogP contribution in [0.1, 0.15) is 30.9 Å². The van der Waals surface area contributed by atoms with Crippen LogP contribution >= 0.6 is 11.8 Å². The van der Waals surface area contributed by atoms with Crippen molar-refractivity contribution < 1.29 is 0 Å². The van der Waals surface area contributed by atoms with E-state index < -0.39 is 0 Å². The normalized spacial score (nSPS) is 15.2. The molecular weight excluding hydrogens is 164 g/mol. The van der Waals surface area contributed by atoms with Crippen LogP contribution in [0, 0.1) is 0 Å². The minimum atomic E-state index is 0.667. The van der Waals surface area contributed by atoms with Crippen molar-refractivity contribution in [1.82, 2.24) is 0 Å². The molecule has 0 saturated heterocycles. The third-order valence-electron chi connectivity index (χ3n) is 2.38. The Balaban J connectivity index is 2.39. The second kappa shape index (κ2) is 3.14. The van der Waals surface area contributed by atoms with E-state index in [0.717, 1.165) is 0 Å². The number of rotatable bonds is 1. The summed E-state index contributed by atoms with van der Waals surface area (Å²) >= 11 is 1.99. The summed E-state index contributed by atoms with van der Waals surface area (Å²) in [7, 11) is 0. The van der Waals surface area contributed by atoms with Crippen LogP contribution in [0.5, 0.6) is 0 Å². The van der Waals surface area contributed by atoms with Crippen molar-refractivity contribution in [2.45, 2.75) is 31.1 Å². The molecule has 1 aliphatic rings. The molecule has 0 saturated carbocycles. The molecule has 12 heavy (non-hydrogen) atoms. The van der Waals surface area contributed by atoms with Gasteiger partial charge < -0.3 is 0 Å². The molecule has 0 radical (unpaired) electrons. The molecule has 0 N–H and O–H groups in total. The standard InChI is InChI=1S/C11H14S/c1-8(2)9-3-4-11-10(7-9)5-6-12-11/h3-4,7-8H,5-6H2,1-2H3. The lowest BCUT2D eigenvalue weighted by Gasteiger charge is -2.06. The largest absolute Gasteiger partial charge is 0.126 e. The summed E-state index contributed by atoms with van der Waals surface area (Å²) in [5.74, 6) is 1.94. The molecule has 1 aliphatic heterocycles. The van der Waals surface area contributed by atoms with Gasteiger partial charge in [-0.3, -0.25) is 0 Å². The van der Waals surface area contributed by atoms with Gasteiger partial charge in [0.2, 0.25) is 0 Å². The van der Waals surface area contributed by atoms with E-state index >= 15 is 0 Å². The summed E-state index contributed by atoms with van der Waals surface area (Å²) in [5, 5.41) is 0. The van der Waals surface area contributed by atoms with E-state index in [1.54, 1.807) is 5.56 Å². The van der Waals surface area contributed by atoms with Crippen molar-refractivity contribution in [3.8, 4) is 0 Å². The van der Waals surface area contributed by atoms with E-state index in [4.69, 9.17) is 0 Å². The summed E-state index contributed by atoms with van der Waals surface area (Å²) in [6.45, 7) is 4.51. The van der Waals surface area contributed by atoms with Crippen molar-refractivity contribution >= 4 is 11.8 Å². The maximum atomic E-state index is 2.38. The molecule has 1 heteroatoms. The second-order valence-corrected chi connectivity index (χ2v) is 4.76. The number of hydrogen-bond donors (Lipinski definition) is 0. The number of aryl methyl sites for hydroxylation is 1. The maximum Gasteiger partial charge on any atom is 0.0105 e. The van der Waals surface area contributed by atoms with Gasteiger partial charge in [0.15, 0.2) is 0 Å². The van der Waals surface area contributed by atoms with E-state index in [1.165, 1.54) is 22.6 Å². The van der Waals surface area contributed by atoms with Crippen LogP contribution in [0.2, 0.25) is 0 Å². The molecule has 0 spiro atoms. The predicted molar refractivity (Wildman–Crippen MR) is 55.0 cm³/mol. The van der Waals surface area contributed by atoms with E-state index in [1.807, 2.05) is 11.8 Å². The summed E-state index contributed by atoms with van der Waals surface area (Å²) in [5.41, 5.74) is 3.04. The zero-order chi connectivity index (χ0) is 8.55. The van der Waals surface area contributed by atoms with Crippen molar-refractivity contribution in [2.75, 3.05) is 5.75 Å². The Hall–Kier alpha value is -0.430. The molecular formula is C11H14S. The maximum absolute atomic E-state index is 2.38. The Morgan fingerprint density at radius 2 is 2.17 bits per heavy atom. The zero-order valence-corrected chi connectivity index (χ0v) is 8.45. The van der Waals surface area contributed by atoms with Crippen molar-refractivity contribution in [3.63, 3.8) is 0 Å². The van der Waals surface area contributed by atoms with Gasteiger partial charge >= 0.3 is 0 Å². The van der Waals surface area contributed by atoms with Crippen LogP contribution in [0.25, 0.3) is 0 Å². The van der Waals surface area contributed by atoms with Crippen LogP contribution in [-0.4, -0.2) is 5.75 Å². The fourth-order valence-electron chi connectivity index (χ4n) is 1.57. The molecule has 0 bridgehead atoms. The van der Waals surface area contributed by atoms with Gasteiger partial charge in [-0.1, -0.05) is 26.0 Å². The summed E-state index contributed by atoms with van der Waals surface area (Å²) in [6, 6.07) is 6.92. The van der Waals surface area contributed by atoms with Gasteiger partial charge in [-0.25, -0.2) is 0 Å². The molecule has 2 rings (SSSR count). The first-order chi connectivity index (χ1) is 5.77. The van der Waals surface area contributed by atoms with Gasteiger partial charge in [0.1, 0.15) is 0 Å². The summed E-state index contributed by atoms with van der Waals surface area (Å²) < 4.78 is 0. The fraction of sp³-hybridized carbons (Fsp3) is 0.455. The zero-order valence-electron chi connectivity index (χ0n) is 7.63. The van der Waals surface area contributed by atoms with Gasteiger partial charge in [-0.15, -0.1) is 11.8 Å². The monoisotopic (exact) mass is 178 g/mol.